The summed E-state index contributed by atoms with van der Waals surface area (Å²) in [6, 6.07) is 9.99. The normalized spacial score (nSPS) is 12.5. The summed E-state index contributed by atoms with van der Waals surface area (Å²) in [4.78, 5) is 0. The van der Waals surface area contributed by atoms with Crippen molar-refractivity contribution in [1.29, 1.82) is 0 Å². The van der Waals surface area contributed by atoms with Crippen LogP contribution in [0.25, 0.3) is 0 Å². The van der Waals surface area contributed by atoms with Crippen LogP contribution in [0.4, 0.5) is 0 Å². The van der Waals surface area contributed by atoms with Crippen molar-refractivity contribution in [1.82, 2.24) is 0 Å². The molecular formula is C14H11Br4N. The van der Waals surface area contributed by atoms with Gasteiger partial charge in [0, 0.05) is 17.9 Å². The first-order valence-corrected chi connectivity index (χ1v) is 8.73. The van der Waals surface area contributed by atoms with Crippen molar-refractivity contribution in [3.8, 4) is 0 Å². The average molecular weight is 513 g/mol. The monoisotopic (exact) mass is 509 g/mol. The van der Waals surface area contributed by atoms with Crippen molar-refractivity contribution < 1.29 is 0 Å². The Labute approximate surface area is 146 Å². The first-order chi connectivity index (χ1) is 8.90. The van der Waals surface area contributed by atoms with Gasteiger partial charge in [0.1, 0.15) is 0 Å². The van der Waals surface area contributed by atoms with Crippen LogP contribution in [0.5, 0.6) is 0 Å². The van der Waals surface area contributed by atoms with Gasteiger partial charge in [-0.25, -0.2) is 0 Å². The van der Waals surface area contributed by atoms with Gasteiger partial charge in [0.25, 0.3) is 0 Å². The molecule has 0 aliphatic heterocycles. The molecule has 1 unspecified atom stereocenters. The van der Waals surface area contributed by atoms with Crippen molar-refractivity contribution in [2.75, 3.05) is 0 Å². The topological polar surface area (TPSA) is 26.0 Å². The molecule has 0 radical (unpaired) electrons. The van der Waals surface area contributed by atoms with Crippen LogP contribution in [0.15, 0.2) is 48.2 Å². The predicted molar refractivity (Wildman–Crippen MR) is 94.5 cm³/mol. The van der Waals surface area contributed by atoms with E-state index in [1.165, 1.54) is 5.56 Å². The Morgan fingerprint density at radius 1 is 0.842 bits per heavy atom. The van der Waals surface area contributed by atoms with Crippen LogP contribution in [0.1, 0.15) is 22.7 Å². The Morgan fingerprint density at radius 2 is 1.47 bits per heavy atom. The highest BCUT2D eigenvalue weighted by Crippen LogP contribution is 2.35. The van der Waals surface area contributed by atoms with Crippen molar-refractivity contribution in [3.05, 3.63) is 64.9 Å². The third-order valence-electron chi connectivity index (χ3n) is 2.91. The number of nitrogens with two attached hydrogens (primary N) is 1. The molecule has 0 fully saturated rings. The van der Waals surface area contributed by atoms with Crippen molar-refractivity contribution in [2.45, 2.75) is 13.0 Å². The third kappa shape index (κ3) is 3.50. The van der Waals surface area contributed by atoms with Crippen LogP contribution in [0, 0.1) is 6.92 Å². The van der Waals surface area contributed by atoms with Gasteiger partial charge in [-0.2, -0.15) is 0 Å². The average Bonchev–Trinajstić information content (AvgIpc) is 2.33. The standard InChI is InChI=1S/C14H11Br4N/c1-7-4-12(17)10(6-11(7)16)14(19)9-3-2-8(15)5-13(9)18/h2-6,14H,19H2,1H3. The number of rotatable bonds is 2. The summed E-state index contributed by atoms with van der Waals surface area (Å²) in [6.07, 6.45) is 0. The lowest BCUT2D eigenvalue weighted by molar-refractivity contribution is 0.858. The molecule has 1 atom stereocenters. The molecule has 5 heteroatoms. The van der Waals surface area contributed by atoms with E-state index in [0.717, 1.165) is 29.0 Å². The lowest BCUT2D eigenvalue weighted by Gasteiger charge is -2.17. The number of hydrogen-bond acceptors (Lipinski definition) is 1. The Balaban J connectivity index is 2.49. The molecule has 0 heterocycles. The highest BCUT2D eigenvalue weighted by atomic mass is 79.9. The maximum atomic E-state index is 6.39. The molecule has 0 saturated heterocycles. The number of aryl methyl sites for hydroxylation is 1. The highest BCUT2D eigenvalue weighted by molar-refractivity contribution is 9.11. The van der Waals surface area contributed by atoms with Crippen LogP contribution in [0.3, 0.4) is 0 Å². The fourth-order valence-electron chi connectivity index (χ4n) is 1.82. The zero-order valence-corrected chi connectivity index (χ0v) is 16.4. The van der Waals surface area contributed by atoms with Gasteiger partial charge in [-0.15, -0.1) is 0 Å². The van der Waals surface area contributed by atoms with Crippen LogP contribution in [0.2, 0.25) is 0 Å². The van der Waals surface area contributed by atoms with E-state index in [1.807, 2.05) is 18.2 Å². The zero-order chi connectivity index (χ0) is 14.2. The first-order valence-electron chi connectivity index (χ1n) is 5.56. The number of halogens is 4. The Hall–Kier alpha value is 0.320. The summed E-state index contributed by atoms with van der Waals surface area (Å²) >= 11 is 14.2. The van der Waals surface area contributed by atoms with Gasteiger partial charge in [0.2, 0.25) is 0 Å². The van der Waals surface area contributed by atoms with E-state index in [9.17, 15) is 0 Å². The molecule has 0 bridgehead atoms. The zero-order valence-electron chi connectivity index (χ0n) is 10.1. The minimum Gasteiger partial charge on any atom is -0.320 e. The molecule has 2 aromatic carbocycles. The summed E-state index contributed by atoms with van der Waals surface area (Å²) in [5.41, 5.74) is 9.68. The molecule has 0 aromatic heterocycles. The van der Waals surface area contributed by atoms with Crippen molar-refractivity contribution >= 4 is 63.7 Å². The van der Waals surface area contributed by atoms with Gasteiger partial charge in [0.05, 0.1) is 6.04 Å². The van der Waals surface area contributed by atoms with Crippen LogP contribution in [-0.2, 0) is 0 Å². The highest BCUT2D eigenvalue weighted by Gasteiger charge is 2.16. The maximum Gasteiger partial charge on any atom is 0.0574 e. The predicted octanol–water partition coefficient (Wildman–Crippen LogP) is 6.09. The molecule has 0 spiro atoms. The fourth-order valence-corrected chi connectivity index (χ4v) is 4.18. The number of hydrogen-bond donors (Lipinski definition) is 1. The van der Waals surface area contributed by atoms with Gasteiger partial charge < -0.3 is 5.73 Å². The third-order valence-corrected chi connectivity index (χ3v) is 5.63. The van der Waals surface area contributed by atoms with Crippen LogP contribution in [-0.4, -0.2) is 0 Å². The van der Waals surface area contributed by atoms with E-state index in [0.29, 0.717) is 0 Å². The molecule has 19 heavy (non-hydrogen) atoms. The summed E-state index contributed by atoms with van der Waals surface area (Å²) in [5, 5.41) is 0. The Bertz CT molecular complexity index is 625. The minimum absolute atomic E-state index is 0.186. The molecule has 1 nitrogen and oxygen atoms in total. The van der Waals surface area contributed by atoms with Crippen LogP contribution < -0.4 is 5.73 Å². The maximum absolute atomic E-state index is 6.39. The lowest BCUT2D eigenvalue weighted by Crippen LogP contribution is -2.13. The quantitative estimate of drug-likeness (QED) is 0.517. The van der Waals surface area contributed by atoms with Crippen LogP contribution >= 0.6 is 63.7 Å². The second-order valence-corrected chi connectivity index (χ2v) is 7.75. The van der Waals surface area contributed by atoms with E-state index in [2.05, 4.69) is 82.8 Å². The second kappa shape index (κ2) is 6.39. The smallest absolute Gasteiger partial charge is 0.0574 e. The fraction of sp³-hybridized carbons (Fsp3) is 0.143. The SMILES string of the molecule is Cc1cc(Br)c(C(N)c2ccc(Br)cc2Br)cc1Br. The van der Waals surface area contributed by atoms with E-state index in [1.54, 1.807) is 0 Å². The molecule has 2 N–H and O–H groups in total. The summed E-state index contributed by atoms with van der Waals surface area (Å²) in [7, 11) is 0. The molecule has 2 rings (SSSR count). The molecule has 100 valence electrons. The van der Waals surface area contributed by atoms with E-state index >= 15 is 0 Å². The molecule has 0 saturated carbocycles. The van der Waals surface area contributed by atoms with Gasteiger partial charge in [0.15, 0.2) is 0 Å². The minimum atomic E-state index is -0.186. The van der Waals surface area contributed by atoms with E-state index < -0.39 is 0 Å². The summed E-state index contributed by atoms with van der Waals surface area (Å²) in [6.45, 7) is 2.06. The Morgan fingerprint density at radius 3 is 2.11 bits per heavy atom. The van der Waals surface area contributed by atoms with E-state index in [4.69, 9.17) is 5.73 Å². The number of benzene rings is 2. The molecule has 2 aromatic rings. The molecule has 0 aliphatic rings. The molecular weight excluding hydrogens is 502 g/mol. The summed E-state index contributed by atoms with van der Waals surface area (Å²) in [5.74, 6) is 0. The largest absolute Gasteiger partial charge is 0.320 e. The molecule has 0 amide bonds. The van der Waals surface area contributed by atoms with Crippen molar-refractivity contribution in [3.63, 3.8) is 0 Å². The first kappa shape index (κ1) is 15.7. The van der Waals surface area contributed by atoms with Crippen molar-refractivity contribution in [2.24, 2.45) is 5.73 Å². The van der Waals surface area contributed by atoms with Gasteiger partial charge in [-0.3, -0.25) is 0 Å². The van der Waals surface area contributed by atoms with Gasteiger partial charge in [-0.1, -0.05) is 69.8 Å². The van der Waals surface area contributed by atoms with Gasteiger partial charge in [-0.05, 0) is 47.9 Å². The summed E-state index contributed by atoms with van der Waals surface area (Å²) < 4.78 is 4.11. The second-order valence-electron chi connectivity index (χ2n) is 4.27. The van der Waals surface area contributed by atoms with E-state index in [-0.39, 0.29) is 6.04 Å². The lowest BCUT2D eigenvalue weighted by atomic mass is 9.99. The van der Waals surface area contributed by atoms with Gasteiger partial charge >= 0.3 is 0 Å². The Kier molecular flexibility index (Phi) is 5.28. The molecule has 0 aliphatic carbocycles.